The lowest BCUT2D eigenvalue weighted by molar-refractivity contribution is 0.101. The van der Waals surface area contributed by atoms with Crippen molar-refractivity contribution in [3.05, 3.63) is 53.6 Å². The van der Waals surface area contributed by atoms with E-state index in [-0.39, 0.29) is 11.5 Å². The molecule has 0 heterocycles. The number of aryl methyl sites for hydroxylation is 1. The first kappa shape index (κ1) is 11.4. The molecule has 0 atom stereocenters. The Labute approximate surface area is 101 Å². The van der Waals surface area contributed by atoms with Crippen LogP contribution in [-0.2, 0) is 0 Å². The number of aromatic hydroxyl groups is 1. The molecule has 0 saturated heterocycles. The lowest BCUT2D eigenvalue weighted by atomic mass is 9.98. The van der Waals surface area contributed by atoms with E-state index < -0.39 is 0 Å². The summed E-state index contributed by atoms with van der Waals surface area (Å²) >= 11 is 0. The fourth-order valence-electron chi connectivity index (χ4n) is 1.89. The number of benzene rings is 2. The molecule has 86 valence electrons. The van der Waals surface area contributed by atoms with Crippen LogP contribution in [0, 0.1) is 6.92 Å². The van der Waals surface area contributed by atoms with Crippen molar-refractivity contribution in [3.8, 4) is 16.9 Å². The van der Waals surface area contributed by atoms with Gasteiger partial charge in [0, 0.05) is 0 Å². The fourth-order valence-corrected chi connectivity index (χ4v) is 1.89. The van der Waals surface area contributed by atoms with Gasteiger partial charge in [0.25, 0.3) is 0 Å². The summed E-state index contributed by atoms with van der Waals surface area (Å²) < 4.78 is 0. The summed E-state index contributed by atoms with van der Waals surface area (Å²) in [6.07, 6.45) is 0. The normalized spacial score (nSPS) is 10.2. The number of phenolic OH excluding ortho intramolecular Hbond substituents is 1. The van der Waals surface area contributed by atoms with Crippen LogP contribution in [0.5, 0.6) is 5.75 Å². The molecule has 2 nitrogen and oxygen atoms in total. The van der Waals surface area contributed by atoms with Gasteiger partial charge < -0.3 is 5.11 Å². The number of rotatable bonds is 2. The molecular formula is C15H14O2. The van der Waals surface area contributed by atoms with Gasteiger partial charge in [-0.25, -0.2) is 0 Å². The van der Waals surface area contributed by atoms with Gasteiger partial charge in [-0.1, -0.05) is 30.3 Å². The Balaban J connectivity index is 2.52. The lowest BCUT2D eigenvalue weighted by Crippen LogP contribution is -1.93. The molecule has 0 saturated carbocycles. The van der Waals surface area contributed by atoms with E-state index in [9.17, 15) is 9.90 Å². The Kier molecular flexibility index (Phi) is 2.96. The monoisotopic (exact) mass is 226 g/mol. The Morgan fingerprint density at radius 2 is 1.82 bits per heavy atom. The SMILES string of the molecule is CC(=O)c1ccc(-c2ccccc2C)cc1O. The van der Waals surface area contributed by atoms with Gasteiger partial charge >= 0.3 is 0 Å². The van der Waals surface area contributed by atoms with Crippen molar-refractivity contribution in [2.24, 2.45) is 0 Å². The van der Waals surface area contributed by atoms with Crippen molar-refractivity contribution in [2.75, 3.05) is 0 Å². The minimum absolute atomic E-state index is 0.0400. The molecule has 2 aromatic carbocycles. The van der Waals surface area contributed by atoms with Gasteiger partial charge in [0.05, 0.1) is 5.56 Å². The second-order valence-electron chi connectivity index (χ2n) is 4.10. The van der Waals surface area contributed by atoms with Gasteiger partial charge in [-0.05, 0) is 42.7 Å². The van der Waals surface area contributed by atoms with E-state index in [2.05, 4.69) is 0 Å². The number of carbonyl (C=O) groups is 1. The molecule has 2 heteroatoms. The highest BCUT2D eigenvalue weighted by molar-refractivity contribution is 5.97. The zero-order valence-corrected chi connectivity index (χ0v) is 9.90. The zero-order chi connectivity index (χ0) is 12.4. The smallest absolute Gasteiger partial charge is 0.163 e. The van der Waals surface area contributed by atoms with Gasteiger partial charge in [-0.3, -0.25) is 4.79 Å². The van der Waals surface area contributed by atoms with Crippen LogP contribution < -0.4 is 0 Å². The predicted octanol–water partition coefficient (Wildman–Crippen LogP) is 3.57. The molecule has 0 unspecified atom stereocenters. The minimum Gasteiger partial charge on any atom is -0.507 e. The third kappa shape index (κ3) is 2.21. The molecule has 0 aromatic heterocycles. The van der Waals surface area contributed by atoms with Crippen LogP contribution in [0.2, 0.25) is 0 Å². The number of ketones is 1. The first-order valence-corrected chi connectivity index (χ1v) is 5.49. The minimum atomic E-state index is -0.126. The summed E-state index contributed by atoms with van der Waals surface area (Å²) in [6, 6.07) is 13.1. The maximum absolute atomic E-state index is 11.2. The summed E-state index contributed by atoms with van der Waals surface area (Å²) in [6.45, 7) is 3.47. The van der Waals surface area contributed by atoms with E-state index in [1.807, 2.05) is 37.3 Å². The second kappa shape index (κ2) is 4.42. The molecule has 0 amide bonds. The number of carbonyl (C=O) groups excluding carboxylic acids is 1. The molecule has 0 radical (unpaired) electrons. The highest BCUT2D eigenvalue weighted by Crippen LogP contribution is 2.28. The second-order valence-corrected chi connectivity index (χ2v) is 4.10. The number of hydrogen-bond acceptors (Lipinski definition) is 2. The topological polar surface area (TPSA) is 37.3 Å². The molecule has 0 aliphatic heterocycles. The summed E-state index contributed by atoms with van der Waals surface area (Å²) in [4.78, 5) is 11.2. The highest BCUT2D eigenvalue weighted by Gasteiger charge is 2.08. The zero-order valence-electron chi connectivity index (χ0n) is 9.90. The summed E-state index contributed by atoms with van der Waals surface area (Å²) in [7, 11) is 0. The van der Waals surface area contributed by atoms with Crippen molar-refractivity contribution < 1.29 is 9.90 Å². The maximum atomic E-state index is 11.2. The third-order valence-electron chi connectivity index (χ3n) is 2.83. The first-order chi connectivity index (χ1) is 8.09. The molecule has 0 fully saturated rings. The van der Waals surface area contributed by atoms with E-state index >= 15 is 0 Å². The molecule has 1 N–H and O–H groups in total. The van der Waals surface area contributed by atoms with Crippen molar-refractivity contribution in [1.82, 2.24) is 0 Å². The van der Waals surface area contributed by atoms with Crippen molar-refractivity contribution in [3.63, 3.8) is 0 Å². The quantitative estimate of drug-likeness (QED) is 0.795. The van der Waals surface area contributed by atoms with Gasteiger partial charge in [0.2, 0.25) is 0 Å². The van der Waals surface area contributed by atoms with Crippen molar-refractivity contribution in [2.45, 2.75) is 13.8 Å². The molecule has 0 aliphatic carbocycles. The van der Waals surface area contributed by atoms with Crippen LogP contribution in [0.4, 0.5) is 0 Å². The molecule has 0 spiro atoms. The molecule has 17 heavy (non-hydrogen) atoms. The summed E-state index contributed by atoms with van der Waals surface area (Å²) in [5.41, 5.74) is 3.49. The standard InChI is InChI=1S/C15H14O2/c1-10-5-3-4-6-13(10)12-7-8-14(11(2)16)15(17)9-12/h3-9,17H,1-2H3. The van der Waals surface area contributed by atoms with E-state index in [0.717, 1.165) is 16.7 Å². The molecule has 0 bridgehead atoms. The van der Waals surface area contributed by atoms with Crippen LogP contribution >= 0.6 is 0 Å². The molecular weight excluding hydrogens is 212 g/mol. The number of phenols is 1. The lowest BCUT2D eigenvalue weighted by Gasteiger charge is -2.08. The van der Waals surface area contributed by atoms with Crippen LogP contribution in [0.3, 0.4) is 0 Å². The van der Waals surface area contributed by atoms with Crippen LogP contribution in [0.15, 0.2) is 42.5 Å². The van der Waals surface area contributed by atoms with Crippen LogP contribution in [0.25, 0.3) is 11.1 Å². The third-order valence-corrected chi connectivity index (χ3v) is 2.83. The average Bonchev–Trinajstić information content (AvgIpc) is 2.29. The van der Waals surface area contributed by atoms with Crippen LogP contribution in [-0.4, -0.2) is 10.9 Å². The van der Waals surface area contributed by atoms with E-state index in [0.29, 0.717) is 5.56 Å². The largest absolute Gasteiger partial charge is 0.507 e. The number of Topliss-reactive ketones (excluding diaryl/α,β-unsaturated/α-hetero) is 1. The Morgan fingerprint density at radius 3 is 2.41 bits per heavy atom. The predicted molar refractivity (Wildman–Crippen MR) is 68.3 cm³/mol. The molecule has 2 rings (SSSR count). The van der Waals surface area contributed by atoms with Gasteiger partial charge in [0.15, 0.2) is 5.78 Å². The Morgan fingerprint density at radius 1 is 1.12 bits per heavy atom. The molecule has 2 aromatic rings. The van der Waals surface area contributed by atoms with E-state index in [4.69, 9.17) is 0 Å². The van der Waals surface area contributed by atoms with Crippen LogP contribution in [0.1, 0.15) is 22.8 Å². The highest BCUT2D eigenvalue weighted by atomic mass is 16.3. The average molecular weight is 226 g/mol. The van der Waals surface area contributed by atoms with Crippen molar-refractivity contribution >= 4 is 5.78 Å². The van der Waals surface area contributed by atoms with Crippen molar-refractivity contribution in [1.29, 1.82) is 0 Å². The summed E-state index contributed by atoms with van der Waals surface area (Å²) in [5, 5.41) is 9.79. The van der Waals surface area contributed by atoms with E-state index in [1.54, 1.807) is 12.1 Å². The first-order valence-electron chi connectivity index (χ1n) is 5.49. The van der Waals surface area contributed by atoms with Gasteiger partial charge in [-0.2, -0.15) is 0 Å². The number of hydrogen-bond donors (Lipinski definition) is 1. The van der Waals surface area contributed by atoms with Gasteiger partial charge in [-0.15, -0.1) is 0 Å². The van der Waals surface area contributed by atoms with E-state index in [1.165, 1.54) is 6.92 Å². The maximum Gasteiger partial charge on any atom is 0.163 e. The summed E-state index contributed by atoms with van der Waals surface area (Å²) in [5.74, 6) is -0.0860. The Bertz CT molecular complexity index is 571. The van der Waals surface area contributed by atoms with Gasteiger partial charge in [0.1, 0.15) is 5.75 Å². The Hall–Kier alpha value is -2.09. The fraction of sp³-hybridized carbons (Fsp3) is 0.133. The molecule has 0 aliphatic rings.